The van der Waals surface area contributed by atoms with E-state index in [-0.39, 0.29) is 12.4 Å². The van der Waals surface area contributed by atoms with Crippen LogP contribution in [0.15, 0.2) is 12.4 Å². The minimum absolute atomic E-state index is 0. The van der Waals surface area contributed by atoms with Gasteiger partial charge in [-0.05, 0) is 25.2 Å². The van der Waals surface area contributed by atoms with E-state index in [0.29, 0.717) is 6.54 Å². The molecule has 2 heterocycles. The van der Waals surface area contributed by atoms with Gasteiger partial charge < -0.3 is 10.5 Å². The van der Waals surface area contributed by atoms with Crippen LogP contribution >= 0.6 is 12.4 Å². The molecule has 5 heteroatoms. The van der Waals surface area contributed by atoms with Crippen LogP contribution in [0.25, 0.3) is 0 Å². The van der Waals surface area contributed by atoms with Crippen molar-refractivity contribution in [3.63, 3.8) is 0 Å². The molecule has 16 heavy (non-hydrogen) atoms. The lowest BCUT2D eigenvalue weighted by Crippen LogP contribution is -2.17. The molecule has 2 rings (SSSR count). The molecule has 1 aromatic heterocycles. The summed E-state index contributed by atoms with van der Waals surface area (Å²) in [5, 5.41) is 4.28. The zero-order chi connectivity index (χ0) is 10.5. The number of halogens is 1. The van der Waals surface area contributed by atoms with E-state index in [9.17, 15) is 0 Å². The molecule has 1 fully saturated rings. The van der Waals surface area contributed by atoms with Gasteiger partial charge in [-0.1, -0.05) is 0 Å². The van der Waals surface area contributed by atoms with Gasteiger partial charge >= 0.3 is 0 Å². The highest BCUT2D eigenvalue weighted by atomic mass is 35.5. The van der Waals surface area contributed by atoms with Crippen molar-refractivity contribution < 1.29 is 4.74 Å². The predicted octanol–water partition coefficient (Wildman–Crippen LogP) is 1.58. The highest BCUT2D eigenvalue weighted by molar-refractivity contribution is 5.85. The van der Waals surface area contributed by atoms with E-state index in [1.54, 1.807) is 0 Å². The van der Waals surface area contributed by atoms with Crippen LogP contribution in [0.4, 0.5) is 0 Å². The zero-order valence-corrected chi connectivity index (χ0v) is 10.3. The molecule has 0 atom stereocenters. The van der Waals surface area contributed by atoms with E-state index in [1.165, 1.54) is 19.3 Å². The van der Waals surface area contributed by atoms with E-state index in [1.807, 2.05) is 17.1 Å². The number of nitrogens with two attached hydrogens (primary N) is 1. The molecule has 1 aliphatic heterocycles. The Morgan fingerprint density at radius 2 is 2.19 bits per heavy atom. The van der Waals surface area contributed by atoms with Crippen LogP contribution < -0.4 is 5.73 Å². The van der Waals surface area contributed by atoms with E-state index in [4.69, 9.17) is 10.5 Å². The van der Waals surface area contributed by atoms with Crippen molar-refractivity contribution in [3.05, 3.63) is 18.0 Å². The Labute approximate surface area is 103 Å². The minimum atomic E-state index is 0. The monoisotopic (exact) mass is 245 g/mol. The summed E-state index contributed by atoms with van der Waals surface area (Å²) >= 11 is 0. The number of aromatic nitrogens is 2. The van der Waals surface area contributed by atoms with Gasteiger partial charge in [0.05, 0.1) is 6.20 Å². The molecule has 0 bridgehead atoms. The Morgan fingerprint density at radius 1 is 1.44 bits per heavy atom. The number of ether oxygens (including phenoxy) is 1. The fourth-order valence-electron chi connectivity index (χ4n) is 1.98. The van der Waals surface area contributed by atoms with Gasteiger partial charge in [0.25, 0.3) is 0 Å². The summed E-state index contributed by atoms with van der Waals surface area (Å²) in [5.41, 5.74) is 6.65. The summed E-state index contributed by atoms with van der Waals surface area (Å²) in [6.07, 6.45) is 7.49. The third kappa shape index (κ3) is 3.77. The first kappa shape index (κ1) is 13.5. The van der Waals surface area contributed by atoms with Gasteiger partial charge in [-0.3, -0.25) is 4.68 Å². The Kier molecular flexibility index (Phi) is 5.80. The van der Waals surface area contributed by atoms with E-state index < -0.39 is 0 Å². The van der Waals surface area contributed by atoms with Crippen LogP contribution in [0.3, 0.4) is 0 Å². The summed E-state index contributed by atoms with van der Waals surface area (Å²) in [6, 6.07) is 0. The van der Waals surface area contributed by atoms with E-state index in [2.05, 4.69) is 5.10 Å². The van der Waals surface area contributed by atoms with Crippen LogP contribution in [0, 0.1) is 5.92 Å². The molecule has 1 aromatic rings. The largest absolute Gasteiger partial charge is 0.381 e. The summed E-state index contributed by atoms with van der Waals surface area (Å²) in [5.74, 6) is 0.810. The fraction of sp³-hybridized carbons (Fsp3) is 0.727. The normalized spacial score (nSPS) is 17.1. The Balaban J connectivity index is 0.00000128. The van der Waals surface area contributed by atoms with Crippen LogP contribution in [0.2, 0.25) is 0 Å². The van der Waals surface area contributed by atoms with Crippen LogP contribution in [-0.4, -0.2) is 23.0 Å². The SMILES string of the molecule is Cl.NCc1cnn(CCC2CCOCC2)c1. The maximum atomic E-state index is 5.53. The maximum absolute atomic E-state index is 5.53. The molecule has 0 aromatic carbocycles. The number of aryl methyl sites for hydroxylation is 1. The van der Waals surface area contributed by atoms with Crippen LogP contribution in [0.1, 0.15) is 24.8 Å². The summed E-state index contributed by atoms with van der Waals surface area (Å²) in [4.78, 5) is 0. The summed E-state index contributed by atoms with van der Waals surface area (Å²) in [7, 11) is 0. The maximum Gasteiger partial charge on any atom is 0.0534 e. The standard InChI is InChI=1S/C11H19N3O.ClH/c12-7-11-8-13-14(9-11)4-1-10-2-5-15-6-3-10;/h8-10H,1-7,12H2;1H. The van der Waals surface area contributed by atoms with Crippen LogP contribution in [0.5, 0.6) is 0 Å². The number of hydrogen-bond acceptors (Lipinski definition) is 3. The first-order valence-electron chi connectivity index (χ1n) is 5.67. The second-order valence-corrected chi connectivity index (χ2v) is 4.16. The lowest BCUT2D eigenvalue weighted by molar-refractivity contribution is 0.0623. The van der Waals surface area contributed by atoms with Crippen molar-refractivity contribution in [3.8, 4) is 0 Å². The molecular formula is C11H20ClN3O. The second-order valence-electron chi connectivity index (χ2n) is 4.16. The van der Waals surface area contributed by atoms with Gasteiger partial charge in [-0.25, -0.2) is 0 Å². The number of hydrogen-bond donors (Lipinski definition) is 1. The average molecular weight is 246 g/mol. The molecule has 92 valence electrons. The molecule has 1 saturated heterocycles. The lowest BCUT2D eigenvalue weighted by atomic mass is 9.97. The van der Waals surface area contributed by atoms with Crippen molar-refractivity contribution in [1.29, 1.82) is 0 Å². The zero-order valence-electron chi connectivity index (χ0n) is 9.47. The summed E-state index contributed by atoms with van der Waals surface area (Å²) in [6.45, 7) is 3.44. The van der Waals surface area contributed by atoms with Crippen LogP contribution in [-0.2, 0) is 17.8 Å². The Hall–Kier alpha value is -0.580. The molecule has 2 N–H and O–H groups in total. The van der Waals surface area contributed by atoms with Gasteiger partial charge in [0.1, 0.15) is 0 Å². The quantitative estimate of drug-likeness (QED) is 0.876. The highest BCUT2D eigenvalue weighted by Crippen LogP contribution is 2.18. The van der Waals surface area contributed by atoms with E-state index in [0.717, 1.165) is 31.2 Å². The first-order valence-corrected chi connectivity index (χ1v) is 5.67. The van der Waals surface area contributed by atoms with Gasteiger partial charge in [0, 0.05) is 38.1 Å². The van der Waals surface area contributed by atoms with Crippen molar-refractivity contribution in [2.24, 2.45) is 11.7 Å². The Morgan fingerprint density at radius 3 is 2.81 bits per heavy atom. The Bertz CT molecular complexity index is 297. The van der Waals surface area contributed by atoms with Gasteiger partial charge in [0.15, 0.2) is 0 Å². The number of rotatable bonds is 4. The molecule has 1 aliphatic rings. The second kappa shape index (κ2) is 6.89. The molecule has 0 amide bonds. The minimum Gasteiger partial charge on any atom is -0.381 e. The molecule has 0 saturated carbocycles. The molecule has 0 unspecified atom stereocenters. The smallest absolute Gasteiger partial charge is 0.0534 e. The van der Waals surface area contributed by atoms with Crippen molar-refractivity contribution in [2.75, 3.05) is 13.2 Å². The topological polar surface area (TPSA) is 53.1 Å². The molecule has 0 radical (unpaired) electrons. The third-order valence-corrected chi connectivity index (χ3v) is 3.03. The van der Waals surface area contributed by atoms with Crippen molar-refractivity contribution >= 4 is 12.4 Å². The highest BCUT2D eigenvalue weighted by Gasteiger charge is 2.13. The predicted molar refractivity (Wildman–Crippen MR) is 65.5 cm³/mol. The summed E-state index contributed by atoms with van der Waals surface area (Å²) < 4.78 is 7.33. The lowest BCUT2D eigenvalue weighted by Gasteiger charge is -2.21. The molecule has 4 nitrogen and oxygen atoms in total. The van der Waals surface area contributed by atoms with Crippen molar-refractivity contribution in [1.82, 2.24) is 9.78 Å². The molecule has 0 aliphatic carbocycles. The van der Waals surface area contributed by atoms with Gasteiger partial charge in [0.2, 0.25) is 0 Å². The van der Waals surface area contributed by atoms with Gasteiger partial charge in [-0.2, -0.15) is 5.10 Å². The molecule has 0 spiro atoms. The van der Waals surface area contributed by atoms with Gasteiger partial charge in [-0.15, -0.1) is 12.4 Å². The molecular weight excluding hydrogens is 226 g/mol. The number of nitrogens with zero attached hydrogens (tertiary/aromatic N) is 2. The first-order chi connectivity index (χ1) is 7.38. The van der Waals surface area contributed by atoms with Crippen molar-refractivity contribution in [2.45, 2.75) is 32.4 Å². The third-order valence-electron chi connectivity index (χ3n) is 3.03. The van der Waals surface area contributed by atoms with E-state index >= 15 is 0 Å². The average Bonchev–Trinajstić information content (AvgIpc) is 2.76. The fourth-order valence-corrected chi connectivity index (χ4v) is 1.98.